The van der Waals surface area contributed by atoms with Gasteiger partial charge >= 0.3 is 5.97 Å². The molecule has 2 N–H and O–H groups in total. The average molecular weight is 379 g/mol. The van der Waals surface area contributed by atoms with Gasteiger partial charge in [0.25, 0.3) is 0 Å². The first kappa shape index (κ1) is 15.5. The third kappa shape index (κ3) is 4.28. The number of nitrogen functional groups attached to an aromatic ring is 1. The highest BCUT2D eigenvalue weighted by Crippen LogP contribution is 2.29. The molecule has 18 heavy (non-hydrogen) atoms. The molecule has 0 saturated carbocycles. The number of hydrogen-bond donors (Lipinski definition) is 1. The lowest BCUT2D eigenvalue weighted by Crippen LogP contribution is -2.18. The molecule has 1 atom stereocenters. The molecule has 0 amide bonds. The fraction of sp³-hybridized carbons (Fsp3) is 0.462. The van der Waals surface area contributed by atoms with Crippen molar-refractivity contribution >= 4 is 43.5 Å². The Morgan fingerprint density at radius 2 is 1.94 bits per heavy atom. The number of rotatable bonds is 4. The maximum Gasteiger partial charge on any atom is 0.340 e. The Balaban J connectivity index is 2.85. The van der Waals surface area contributed by atoms with Gasteiger partial charge in [-0.1, -0.05) is 29.8 Å². The molecule has 0 heterocycles. The van der Waals surface area contributed by atoms with E-state index in [2.05, 4.69) is 45.7 Å². The van der Waals surface area contributed by atoms with Crippen molar-refractivity contribution in [3.8, 4) is 0 Å². The lowest BCUT2D eigenvalue weighted by molar-refractivity contribution is 0.0301. The van der Waals surface area contributed by atoms with Crippen LogP contribution in [0, 0.1) is 5.92 Å². The Hall–Kier alpha value is -0.550. The second-order valence-corrected chi connectivity index (χ2v) is 6.46. The van der Waals surface area contributed by atoms with Crippen LogP contribution in [-0.2, 0) is 4.74 Å². The third-order valence-electron chi connectivity index (χ3n) is 2.43. The zero-order chi connectivity index (χ0) is 13.9. The molecule has 0 fully saturated rings. The van der Waals surface area contributed by atoms with E-state index >= 15 is 0 Å². The fourth-order valence-electron chi connectivity index (χ4n) is 1.71. The van der Waals surface area contributed by atoms with E-state index in [-0.39, 0.29) is 12.1 Å². The van der Waals surface area contributed by atoms with Gasteiger partial charge in [-0.15, -0.1) is 0 Å². The number of benzene rings is 1. The predicted molar refractivity (Wildman–Crippen MR) is 80.6 cm³/mol. The quantitative estimate of drug-likeness (QED) is 0.624. The van der Waals surface area contributed by atoms with E-state index in [1.165, 1.54) is 0 Å². The van der Waals surface area contributed by atoms with E-state index < -0.39 is 0 Å². The van der Waals surface area contributed by atoms with Crippen molar-refractivity contribution in [2.75, 3.05) is 5.73 Å². The second-order valence-electron chi connectivity index (χ2n) is 4.69. The van der Waals surface area contributed by atoms with Crippen molar-refractivity contribution in [1.29, 1.82) is 0 Å². The molecule has 0 bridgehead atoms. The van der Waals surface area contributed by atoms with E-state index in [0.29, 0.717) is 21.6 Å². The van der Waals surface area contributed by atoms with Crippen LogP contribution < -0.4 is 5.73 Å². The van der Waals surface area contributed by atoms with Gasteiger partial charge in [-0.05, 0) is 47.3 Å². The highest BCUT2D eigenvalue weighted by atomic mass is 79.9. The highest BCUT2D eigenvalue weighted by Gasteiger charge is 2.17. The van der Waals surface area contributed by atoms with Gasteiger partial charge in [0.2, 0.25) is 0 Å². The Morgan fingerprint density at radius 3 is 2.50 bits per heavy atom. The van der Waals surface area contributed by atoms with Crippen LogP contribution in [0.4, 0.5) is 5.69 Å². The molecule has 5 heteroatoms. The van der Waals surface area contributed by atoms with Crippen LogP contribution in [0.2, 0.25) is 0 Å². The molecule has 0 aliphatic carbocycles. The molecule has 1 rings (SSSR count). The van der Waals surface area contributed by atoms with Crippen LogP contribution in [-0.4, -0.2) is 12.1 Å². The fourth-order valence-corrected chi connectivity index (χ4v) is 2.94. The summed E-state index contributed by atoms with van der Waals surface area (Å²) in [6.45, 7) is 6.07. The van der Waals surface area contributed by atoms with Crippen molar-refractivity contribution in [3.63, 3.8) is 0 Å². The molecule has 0 aromatic heterocycles. The first-order chi connectivity index (χ1) is 8.31. The van der Waals surface area contributed by atoms with Crippen LogP contribution in [0.25, 0.3) is 0 Å². The van der Waals surface area contributed by atoms with Crippen molar-refractivity contribution in [3.05, 3.63) is 26.6 Å². The summed E-state index contributed by atoms with van der Waals surface area (Å²) in [5, 5.41) is 0. The second kappa shape index (κ2) is 6.57. The molecule has 0 aliphatic heterocycles. The Bertz CT molecular complexity index is 447. The smallest absolute Gasteiger partial charge is 0.340 e. The van der Waals surface area contributed by atoms with E-state index in [1.807, 2.05) is 6.92 Å². The minimum atomic E-state index is -0.386. The number of hydrogen-bond acceptors (Lipinski definition) is 3. The number of carbonyl (C=O) groups is 1. The molecule has 1 aromatic carbocycles. The topological polar surface area (TPSA) is 52.3 Å². The summed E-state index contributed by atoms with van der Waals surface area (Å²) in [5.41, 5.74) is 6.64. The Kier molecular flexibility index (Phi) is 5.66. The summed E-state index contributed by atoms with van der Waals surface area (Å²) in [5.74, 6) is 0.0991. The standard InChI is InChI=1S/C13H17Br2NO2/c1-7(2)4-8(3)18-13(17)10-5-9(14)6-11(15)12(10)16/h5-8H,4,16H2,1-3H3. The van der Waals surface area contributed by atoms with Gasteiger partial charge in [-0.25, -0.2) is 4.79 Å². The molecule has 1 aromatic rings. The zero-order valence-corrected chi connectivity index (χ0v) is 13.8. The number of anilines is 1. The lowest BCUT2D eigenvalue weighted by Gasteiger charge is -2.16. The predicted octanol–water partition coefficient (Wildman–Crippen LogP) is 4.39. The van der Waals surface area contributed by atoms with Gasteiger partial charge in [0.1, 0.15) is 0 Å². The van der Waals surface area contributed by atoms with Crippen LogP contribution in [0.1, 0.15) is 37.6 Å². The highest BCUT2D eigenvalue weighted by molar-refractivity contribution is 9.11. The largest absolute Gasteiger partial charge is 0.459 e. The van der Waals surface area contributed by atoms with Gasteiger partial charge in [0, 0.05) is 8.95 Å². The monoisotopic (exact) mass is 377 g/mol. The maximum atomic E-state index is 12.0. The van der Waals surface area contributed by atoms with Crippen LogP contribution in [0.15, 0.2) is 21.1 Å². The molecule has 1 unspecified atom stereocenters. The van der Waals surface area contributed by atoms with Crippen LogP contribution in [0.3, 0.4) is 0 Å². The van der Waals surface area contributed by atoms with E-state index in [1.54, 1.807) is 12.1 Å². The molecule has 100 valence electrons. The molecular weight excluding hydrogens is 362 g/mol. The number of ether oxygens (including phenoxy) is 1. The van der Waals surface area contributed by atoms with Crippen molar-refractivity contribution < 1.29 is 9.53 Å². The molecule has 0 aliphatic rings. The van der Waals surface area contributed by atoms with Gasteiger partial charge in [0.05, 0.1) is 17.4 Å². The summed E-state index contributed by atoms with van der Waals surface area (Å²) in [4.78, 5) is 12.0. The normalized spacial score (nSPS) is 12.6. The number of carbonyl (C=O) groups excluding carboxylic acids is 1. The lowest BCUT2D eigenvalue weighted by atomic mass is 10.1. The van der Waals surface area contributed by atoms with Gasteiger partial charge in [0.15, 0.2) is 0 Å². The maximum absolute atomic E-state index is 12.0. The average Bonchev–Trinajstić information content (AvgIpc) is 2.21. The van der Waals surface area contributed by atoms with E-state index in [0.717, 1.165) is 10.9 Å². The van der Waals surface area contributed by atoms with Crippen LogP contribution in [0.5, 0.6) is 0 Å². The Labute approximate surface area is 124 Å². The first-order valence-electron chi connectivity index (χ1n) is 5.76. The molecule has 0 saturated heterocycles. The van der Waals surface area contributed by atoms with Crippen molar-refractivity contribution in [2.24, 2.45) is 5.92 Å². The number of halogens is 2. The van der Waals surface area contributed by atoms with Gasteiger partial charge < -0.3 is 10.5 Å². The molecule has 3 nitrogen and oxygen atoms in total. The summed E-state index contributed by atoms with van der Waals surface area (Å²) >= 11 is 6.64. The van der Waals surface area contributed by atoms with Gasteiger partial charge in [-0.3, -0.25) is 0 Å². The number of esters is 1. The van der Waals surface area contributed by atoms with Crippen LogP contribution >= 0.6 is 31.9 Å². The van der Waals surface area contributed by atoms with E-state index in [9.17, 15) is 4.79 Å². The number of nitrogens with two attached hydrogens (primary N) is 1. The summed E-state index contributed by atoms with van der Waals surface area (Å²) < 4.78 is 6.84. The minimum absolute atomic E-state index is 0.116. The molecule has 0 radical (unpaired) electrons. The SMILES string of the molecule is CC(C)CC(C)OC(=O)c1cc(Br)cc(Br)c1N. The van der Waals surface area contributed by atoms with Crippen molar-refractivity contribution in [2.45, 2.75) is 33.3 Å². The van der Waals surface area contributed by atoms with Crippen molar-refractivity contribution in [1.82, 2.24) is 0 Å². The van der Waals surface area contributed by atoms with E-state index in [4.69, 9.17) is 10.5 Å². The summed E-state index contributed by atoms with van der Waals surface area (Å²) in [7, 11) is 0. The van der Waals surface area contributed by atoms with Gasteiger partial charge in [-0.2, -0.15) is 0 Å². The molecular formula is C13H17Br2NO2. The first-order valence-corrected chi connectivity index (χ1v) is 7.35. The molecule has 0 spiro atoms. The zero-order valence-electron chi connectivity index (χ0n) is 10.7. The summed E-state index contributed by atoms with van der Waals surface area (Å²) in [6, 6.07) is 3.47. The third-order valence-corrected chi connectivity index (χ3v) is 3.54. The Morgan fingerprint density at radius 1 is 1.33 bits per heavy atom. The summed E-state index contributed by atoms with van der Waals surface area (Å²) in [6.07, 6.45) is 0.718. The minimum Gasteiger partial charge on any atom is -0.459 e.